The highest BCUT2D eigenvalue weighted by Crippen LogP contribution is 2.31. The third-order valence-electron chi connectivity index (χ3n) is 5.08. The van der Waals surface area contributed by atoms with E-state index in [2.05, 4.69) is 37.9 Å². The molecule has 0 aliphatic rings. The molecule has 0 aliphatic heterocycles. The standard InChI is InChI=1S/C21H37ClN4/c1-5-6-7-8-9-10-11-12-13-14-15-16-17-23-24-20-18(22)19(21(2,3)4)25-26(17)20/h24H,5-16H2,1-4H3. The van der Waals surface area contributed by atoms with Gasteiger partial charge in [-0.2, -0.15) is 14.7 Å². The second-order valence-corrected chi connectivity index (χ2v) is 8.98. The van der Waals surface area contributed by atoms with Crippen LogP contribution >= 0.6 is 11.6 Å². The van der Waals surface area contributed by atoms with Gasteiger partial charge in [-0.3, -0.25) is 5.10 Å². The maximum atomic E-state index is 6.47. The number of hydrogen-bond donors (Lipinski definition) is 1. The van der Waals surface area contributed by atoms with E-state index >= 15 is 0 Å². The van der Waals surface area contributed by atoms with Crippen LogP contribution in [0.4, 0.5) is 0 Å². The number of hydrogen-bond acceptors (Lipinski definition) is 2. The first-order chi connectivity index (χ1) is 12.4. The third kappa shape index (κ3) is 6.00. The SMILES string of the molecule is CCCCCCCCCCCCCc1n[nH]c2c(Cl)c(C(C)(C)C)nn12. The van der Waals surface area contributed by atoms with Crippen molar-refractivity contribution in [1.29, 1.82) is 0 Å². The molecule has 0 atom stereocenters. The fourth-order valence-corrected chi connectivity index (χ4v) is 3.88. The van der Waals surface area contributed by atoms with Gasteiger partial charge in [0.1, 0.15) is 5.02 Å². The number of halogens is 1. The predicted molar refractivity (Wildman–Crippen MR) is 111 cm³/mol. The Hall–Kier alpha value is -1.03. The van der Waals surface area contributed by atoms with Crippen LogP contribution in [0.15, 0.2) is 0 Å². The van der Waals surface area contributed by atoms with Gasteiger partial charge in [0.15, 0.2) is 11.5 Å². The number of nitrogens with zero attached hydrogens (tertiary/aromatic N) is 3. The summed E-state index contributed by atoms with van der Waals surface area (Å²) in [6.45, 7) is 8.69. The van der Waals surface area contributed by atoms with Crippen molar-refractivity contribution in [3.63, 3.8) is 0 Å². The van der Waals surface area contributed by atoms with Gasteiger partial charge >= 0.3 is 0 Å². The number of H-pyrrole nitrogens is 1. The quantitative estimate of drug-likeness (QED) is 0.408. The summed E-state index contributed by atoms with van der Waals surface area (Å²) in [4.78, 5) is 0. The highest BCUT2D eigenvalue weighted by molar-refractivity contribution is 6.34. The lowest BCUT2D eigenvalue weighted by atomic mass is 9.92. The van der Waals surface area contributed by atoms with Gasteiger partial charge in [-0.15, -0.1) is 0 Å². The van der Waals surface area contributed by atoms with E-state index in [1.54, 1.807) is 0 Å². The normalized spacial score (nSPS) is 12.3. The van der Waals surface area contributed by atoms with Crippen LogP contribution in [-0.2, 0) is 11.8 Å². The summed E-state index contributed by atoms with van der Waals surface area (Å²) in [6, 6.07) is 0. The minimum atomic E-state index is -0.0578. The molecule has 0 bridgehead atoms. The van der Waals surface area contributed by atoms with E-state index in [9.17, 15) is 0 Å². The zero-order valence-corrected chi connectivity index (χ0v) is 18.0. The summed E-state index contributed by atoms with van der Waals surface area (Å²) < 4.78 is 1.90. The molecule has 0 unspecified atom stereocenters. The summed E-state index contributed by atoms with van der Waals surface area (Å²) in [6.07, 6.45) is 15.9. The summed E-state index contributed by atoms with van der Waals surface area (Å²) in [7, 11) is 0. The van der Waals surface area contributed by atoms with Crippen LogP contribution in [0, 0.1) is 0 Å². The fourth-order valence-electron chi connectivity index (χ4n) is 3.44. The molecule has 0 fully saturated rings. The molecular weight excluding hydrogens is 344 g/mol. The molecule has 0 aliphatic carbocycles. The maximum absolute atomic E-state index is 6.47. The molecule has 2 aromatic heterocycles. The van der Waals surface area contributed by atoms with E-state index in [0.29, 0.717) is 5.02 Å². The number of aromatic nitrogens is 4. The molecule has 0 saturated carbocycles. The van der Waals surface area contributed by atoms with Crippen LogP contribution in [0.2, 0.25) is 5.02 Å². The Morgan fingerprint density at radius 2 is 1.42 bits per heavy atom. The van der Waals surface area contributed by atoms with Crippen molar-refractivity contribution in [2.24, 2.45) is 0 Å². The zero-order chi connectivity index (χ0) is 19.0. The third-order valence-corrected chi connectivity index (χ3v) is 5.44. The van der Waals surface area contributed by atoms with Crippen molar-refractivity contribution in [3.05, 3.63) is 16.5 Å². The number of aromatic amines is 1. The second kappa shape index (κ2) is 10.3. The van der Waals surface area contributed by atoms with E-state index in [4.69, 9.17) is 16.7 Å². The summed E-state index contributed by atoms with van der Waals surface area (Å²) in [5.41, 5.74) is 1.71. The monoisotopic (exact) mass is 380 g/mol. The largest absolute Gasteiger partial charge is 0.258 e. The Morgan fingerprint density at radius 3 is 1.96 bits per heavy atom. The molecule has 2 heterocycles. The topological polar surface area (TPSA) is 46.0 Å². The Labute approximate surface area is 164 Å². The minimum Gasteiger partial charge on any atom is -0.258 e. The molecular formula is C21H37ClN4. The number of fused-ring (bicyclic) bond motifs is 1. The Morgan fingerprint density at radius 1 is 0.885 bits per heavy atom. The smallest absolute Gasteiger partial charge is 0.170 e. The van der Waals surface area contributed by atoms with Gasteiger partial charge in [0.25, 0.3) is 0 Å². The molecule has 0 spiro atoms. The number of nitrogens with one attached hydrogen (secondary N) is 1. The first-order valence-corrected chi connectivity index (χ1v) is 10.9. The zero-order valence-electron chi connectivity index (χ0n) is 17.2. The lowest BCUT2D eigenvalue weighted by molar-refractivity contribution is 0.544. The van der Waals surface area contributed by atoms with Crippen molar-refractivity contribution in [2.45, 2.75) is 110 Å². The molecule has 1 N–H and O–H groups in total. The average Bonchev–Trinajstić information content (AvgIpc) is 3.13. The predicted octanol–water partition coefficient (Wildman–Crippen LogP) is 6.86. The van der Waals surface area contributed by atoms with Gasteiger partial charge in [-0.05, 0) is 6.42 Å². The minimum absolute atomic E-state index is 0.0578. The molecule has 2 aromatic rings. The Kier molecular flexibility index (Phi) is 8.46. The molecule has 0 radical (unpaired) electrons. The molecule has 5 heteroatoms. The molecule has 4 nitrogen and oxygen atoms in total. The van der Waals surface area contributed by atoms with Crippen LogP contribution < -0.4 is 0 Å². The van der Waals surface area contributed by atoms with Crippen molar-refractivity contribution in [1.82, 2.24) is 19.8 Å². The van der Waals surface area contributed by atoms with Gasteiger partial charge < -0.3 is 0 Å². The maximum Gasteiger partial charge on any atom is 0.170 e. The van der Waals surface area contributed by atoms with Crippen molar-refractivity contribution < 1.29 is 0 Å². The van der Waals surface area contributed by atoms with Crippen LogP contribution in [0.3, 0.4) is 0 Å². The van der Waals surface area contributed by atoms with Gasteiger partial charge in [0, 0.05) is 11.8 Å². The molecule has 26 heavy (non-hydrogen) atoms. The van der Waals surface area contributed by atoms with E-state index in [-0.39, 0.29) is 5.41 Å². The highest BCUT2D eigenvalue weighted by Gasteiger charge is 2.25. The molecule has 0 amide bonds. The fraction of sp³-hybridized carbons (Fsp3) is 0.810. The summed E-state index contributed by atoms with van der Waals surface area (Å²) in [5.74, 6) is 0.994. The lowest BCUT2D eigenvalue weighted by Crippen LogP contribution is -2.13. The number of rotatable bonds is 12. The van der Waals surface area contributed by atoms with Crippen molar-refractivity contribution in [3.8, 4) is 0 Å². The Balaban J connectivity index is 1.66. The van der Waals surface area contributed by atoms with E-state index in [0.717, 1.165) is 23.6 Å². The molecule has 0 saturated heterocycles. The van der Waals surface area contributed by atoms with Crippen LogP contribution in [0.1, 0.15) is 110 Å². The summed E-state index contributed by atoms with van der Waals surface area (Å²) >= 11 is 6.47. The first-order valence-electron chi connectivity index (χ1n) is 10.6. The van der Waals surface area contributed by atoms with E-state index in [1.165, 1.54) is 70.6 Å². The van der Waals surface area contributed by atoms with E-state index < -0.39 is 0 Å². The molecule has 2 rings (SSSR count). The molecule has 0 aromatic carbocycles. The van der Waals surface area contributed by atoms with E-state index in [1.807, 2.05) is 4.52 Å². The number of aryl methyl sites for hydroxylation is 1. The number of unbranched alkanes of at least 4 members (excludes halogenated alkanes) is 10. The Bertz CT molecular complexity index is 651. The average molecular weight is 381 g/mol. The molecule has 148 valence electrons. The lowest BCUT2D eigenvalue weighted by Gasteiger charge is -2.14. The highest BCUT2D eigenvalue weighted by atomic mass is 35.5. The second-order valence-electron chi connectivity index (χ2n) is 8.60. The van der Waals surface area contributed by atoms with Crippen molar-refractivity contribution in [2.75, 3.05) is 0 Å². The first kappa shape index (κ1) is 21.3. The van der Waals surface area contributed by atoms with Gasteiger partial charge in [-0.25, -0.2) is 0 Å². The van der Waals surface area contributed by atoms with Gasteiger partial charge in [0.05, 0.1) is 5.69 Å². The van der Waals surface area contributed by atoms with Crippen LogP contribution in [-0.4, -0.2) is 19.8 Å². The van der Waals surface area contributed by atoms with Crippen molar-refractivity contribution >= 4 is 17.2 Å². The van der Waals surface area contributed by atoms with Crippen LogP contribution in [0.5, 0.6) is 0 Å². The van der Waals surface area contributed by atoms with Gasteiger partial charge in [-0.1, -0.05) is 104 Å². The van der Waals surface area contributed by atoms with Crippen LogP contribution in [0.25, 0.3) is 5.65 Å². The summed E-state index contributed by atoms with van der Waals surface area (Å²) in [5, 5.41) is 12.9. The van der Waals surface area contributed by atoms with Gasteiger partial charge in [0.2, 0.25) is 0 Å².